The van der Waals surface area contributed by atoms with Crippen LogP contribution in [0.25, 0.3) is 22.0 Å². The van der Waals surface area contributed by atoms with Crippen molar-refractivity contribution in [3.63, 3.8) is 0 Å². The molecule has 0 bridgehead atoms. The third-order valence-corrected chi connectivity index (χ3v) is 6.66. The van der Waals surface area contributed by atoms with Gasteiger partial charge in [-0.2, -0.15) is 0 Å². The smallest absolute Gasteiger partial charge is 0.257 e. The molecule has 0 radical (unpaired) electrons. The number of fused-ring (bicyclic) bond motifs is 1. The minimum atomic E-state index is -0.379. The average Bonchev–Trinajstić information content (AvgIpc) is 2.95. The highest BCUT2D eigenvalue weighted by atomic mass is 35.5. The van der Waals surface area contributed by atoms with E-state index in [-0.39, 0.29) is 22.4 Å². The van der Waals surface area contributed by atoms with Crippen LogP contribution in [0.15, 0.2) is 72.9 Å². The van der Waals surface area contributed by atoms with Gasteiger partial charge in [-0.1, -0.05) is 61.3 Å². The Labute approximate surface area is 226 Å². The van der Waals surface area contributed by atoms with Crippen LogP contribution in [0.1, 0.15) is 34.6 Å². The summed E-state index contributed by atoms with van der Waals surface area (Å²) in [4.78, 5) is 32.1. The zero-order valence-electron chi connectivity index (χ0n) is 20.7. The van der Waals surface area contributed by atoms with Crippen LogP contribution in [0.3, 0.4) is 0 Å². The van der Waals surface area contributed by atoms with E-state index in [4.69, 9.17) is 23.2 Å². The molecule has 2 N–H and O–H groups in total. The maximum absolute atomic E-state index is 13.0. The molecule has 1 saturated heterocycles. The summed E-state index contributed by atoms with van der Waals surface area (Å²) in [6, 6.07) is 19.9. The number of piperazine rings is 1. The van der Waals surface area contributed by atoms with Crippen LogP contribution in [0, 0.1) is 0 Å². The number of hydrogen-bond donors (Lipinski definition) is 2. The minimum Gasteiger partial charge on any atom is -0.336 e. The number of carbonyl (C=O) groups is 2. The van der Waals surface area contributed by atoms with Crippen LogP contribution >= 0.6 is 23.2 Å². The molecule has 1 aliphatic heterocycles. The fraction of sp³-hybridized carbons (Fsp3) is 0.207. The Morgan fingerprint density at radius 2 is 1.68 bits per heavy atom. The highest BCUT2D eigenvalue weighted by Crippen LogP contribution is 2.34. The number of pyridine rings is 1. The number of nitrogens with zero attached hydrogens (tertiary/aromatic N) is 2. The van der Waals surface area contributed by atoms with Crippen molar-refractivity contribution >= 4 is 51.5 Å². The normalized spacial score (nSPS) is 13.0. The number of halogens is 2. The first kappa shape index (κ1) is 26.6. The second-order valence-corrected chi connectivity index (χ2v) is 9.08. The zero-order valence-corrected chi connectivity index (χ0v) is 22.2. The predicted octanol–water partition coefficient (Wildman–Crippen LogP) is 6.53. The maximum atomic E-state index is 13.0. The van der Waals surface area contributed by atoms with Gasteiger partial charge < -0.3 is 15.5 Å². The Bertz CT molecular complexity index is 1430. The summed E-state index contributed by atoms with van der Waals surface area (Å²) in [6.45, 7) is 6.81. The first-order valence-corrected chi connectivity index (χ1v) is 13.0. The largest absolute Gasteiger partial charge is 0.336 e. The molecule has 190 valence electrons. The number of amides is 2. The van der Waals surface area contributed by atoms with Crippen molar-refractivity contribution < 1.29 is 9.59 Å². The molecule has 0 atom stereocenters. The average molecular weight is 535 g/mol. The van der Waals surface area contributed by atoms with E-state index in [1.54, 1.807) is 47.5 Å². The molecule has 1 fully saturated rings. The van der Waals surface area contributed by atoms with Crippen LogP contribution in [0.2, 0.25) is 10.0 Å². The van der Waals surface area contributed by atoms with Gasteiger partial charge in [-0.3, -0.25) is 14.6 Å². The number of aromatic nitrogens is 1. The van der Waals surface area contributed by atoms with E-state index in [0.29, 0.717) is 34.9 Å². The van der Waals surface area contributed by atoms with Crippen LogP contribution in [0.4, 0.5) is 5.69 Å². The third kappa shape index (κ3) is 5.93. The lowest BCUT2D eigenvalue weighted by atomic mass is 10.0. The van der Waals surface area contributed by atoms with Gasteiger partial charge in [0.1, 0.15) is 0 Å². The highest BCUT2D eigenvalue weighted by molar-refractivity contribution is 6.35. The predicted molar refractivity (Wildman–Crippen MR) is 152 cm³/mol. The van der Waals surface area contributed by atoms with Gasteiger partial charge in [0.15, 0.2) is 0 Å². The van der Waals surface area contributed by atoms with Crippen LogP contribution in [0.5, 0.6) is 0 Å². The lowest BCUT2D eigenvalue weighted by Gasteiger charge is -2.27. The van der Waals surface area contributed by atoms with E-state index >= 15 is 0 Å². The van der Waals surface area contributed by atoms with E-state index in [2.05, 4.69) is 15.6 Å². The van der Waals surface area contributed by atoms with Gasteiger partial charge in [0.05, 0.1) is 21.3 Å². The monoisotopic (exact) mass is 534 g/mol. The molecular weight excluding hydrogens is 507 g/mol. The summed E-state index contributed by atoms with van der Waals surface area (Å²) in [7, 11) is 0. The Kier molecular flexibility index (Phi) is 8.77. The molecule has 37 heavy (non-hydrogen) atoms. The maximum Gasteiger partial charge on any atom is 0.257 e. The number of benzene rings is 3. The summed E-state index contributed by atoms with van der Waals surface area (Å²) >= 11 is 12.9. The molecule has 0 unspecified atom stereocenters. The van der Waals surface area contributed by atoms with Crippen molar-refractivity contribution in [1.29, 1.82) is 0 Å². The third-order valence-electron chi connectivity index (χ3n) is 6.02. The van der Waals surface area contributed by atoms with Gasteiger partial charge in [0, 0.05) is 54.6 Å². The lowest BCUT2D eigenvalue weighted by Crippen LogP contribution is -2.46. The molecule has 5 rings (SSSR count). The summed E-state index contributed by atoms with van der Waals surface area (Å²) < 4.78 is 0. The summed E-state index contributed by atoms with van der Waals surface area (Å²) in [5, 5.41) is 8.86. The van der Waals surface area contributed by atoms with Crippen LogP contribution in [-0.4, -0.2) is 47.9 Å². The lowest BCUT2D eigenvalue weighted by molar-refractivity contribution is 0.0735. The van der Waals surface area contributed by atoms with Crippen LogP contribution < -0.4 is 10.6 Å². The van der Waals surface area contributed by atoms with E-state index < -0.39 is 0 Å². The Morgan fingerprint density at radius 1 is 0.919 bits per heavy atom. The van der Waals surface area contributed by atoms with Gasteiger partial charge in [-0.15, -0.1) is 0 Å². The zero-order chi connectivity index (χ0) is 26.4. The Balaban J connectivity index is 0.00000156. The van der Waals surface area contributed by atoms with Gasteiger partial charge in [0.25, 0.3) is 11.8 Å². The molecule has 2 amide bonds. The molecule has 6 nitrogen and oxygen atoms in total. The topological polar surface area (TPSA) is 74.3 Å². The van der Waals surface area contributed by atoms with E-state index in [1.807, 2.05) is 44.2 Å². The van der Waals surface area contributed by atoms with Gasteiger partial charge in [0.2, 0.25) is 0 Å². The fourth-order valence-corrected chi connectivity index (χ4v) is 4.67. The molecular formula is C29H28Cl2N4O2. The molecule has 0 spiro atoms. The van der Waals surface area contributed by atoms with Crippen molar-refractivity contribution in [2.75, 3.05) is 31.5 Å². The van der Waals surface area contributed by atoms with Crippen molar-refractivity contribution in [3.05, 3.63) is 94.1 Å². The SMILES string of the molecule is CC.O=C(Nc1ccc(Cl)c(-c2nccc3ccccc23)c1)c1ccc(C(=O)N2CCNCC2)cc1Cl. The minimum absolute atomic E-state index is 0.0923. The molecule has 3 aromatic carbocycles. The second kappa shape index (κ2) is 12.2. The van der Waals surface area contributed by atoms with Crippen molar-refractivity contribution in [2.45, 2.75) is 13.8 Å². The van der Waals surface area contributed by atoms with Crippen LogP contribution in [-0.2, 0) is 0 Å². The number of carbonyl (C=O) groups excluding carboxylic acids is 2. The Hall–Kier alpha value is -3.45. The number of rotatable bonds is 4. The van der Waals surface area contributed by atoms with Crippen molar-refractivity contribution in [2.24, 2.45) is 0 Å². The van der Waals surface area contributed by atoms with E-state index in [0.717, 1.165) is 29.6 Å². The summed E-state index contributed by atoms with van der Waals surface area (Å²) in [5.41, 5.74) is 2.75. The summed E-state index contributed by atoms with van der Waals surface area (Å²) in [6.07, 6.45) is 1.74. The standard InChI is InChI=1S/C27H22Cl2N4O2.C2H6/c28-23-8-6-19(16-22(23)25-20-4-2-1-3-17(20)9-10-31-25)32-26(34)21-7-5-18(15-24(21)29)27(35)33-13-11-30-12-14-33;1-2/h1-10,15-16,30H,11-14H2,(H,32,34);1-2H3. The van der Waals surface area contributed by atoms with Crippen molar-refractivity contribution in [1.82, 2.24) is 15.2 Å². The van der Waals surface area contributed by atoms with E-state index in [1.165, 1.54) is 0 Å². The van der Waals surface area contributed by atoms with E-state index in [9.17, 15) is 9.59 Å². The molecule has 4 aromatic rings. The van der Waals surface area contributed by atoms with Gasteiger partial charge in [-0.25, -0.2) is 0 Å². The molecule has 0 saturated carbocycles. The van der Waals surface area contributed by atoms with Gasteiger partial charge >= 0.3 is 0 Å². The number of anilines is 1. The molecule has 2 heterocycles. The number of hydrogen-bond acceptors (Lipinski definition) is 4. The van der Waals surface area contributed by atoms with Crippen molar-refractivity contribution in [3.8, 4) is 11.3 Å². The molecule has 0 aliphatic carbocycles. The van der Waals surface area contributed by atoms with Gasteiger partial charge in [-0.05, 0) is 47.9 Å². The first-order chi connectivity index (χ1) is 18.0. The summed E-state index contributed by atoms with van der Waals surface area (Å²) in [5.74, 6) is -0.472. The number of nitrogens with one attached hydrogen (secondary N) is 2. The molecule has 1 aromatic heterocycles. The highest BCUT2D eigenvalue weighted by Gasteiger charge is 2.20. The second-order valence-electron chi connectivity index (χ2n) is 8.27. The molecule has 8 heteroatoms. The molecule has 1 aliphatic rings. The fourth-order valence-electron chi connectivity index (χ4n) is 4.20. The Morgan fingerprint density at radius 3 is 2.43 bits per heavy atom. The quantitative estimate of drug-likeness (QED) is 0.312. The first-order valence-electron chi connectivity index (χ1n) is 12.3.